The SMILES string of the molecule is CCOc1cccc2c1NC(=O)C(CC)N2. The zero-order valence-electron chi connectivity index (χ0n) is 9.54. The summed E-state index contributed by atoms with van der Waals surface area (Å²) < 4.78 is 5.47. The summed E-state index contributed by atoms with van der Waals surface area (Å²) in [6, 6.07) is 5.57. The van der Waals surface area contributed by atoms with Crippen molar-refractivity contribution in [3.05, 3.63) is 18.2 Å². The Morgan fingerprint density at radius 1 is 1.38 bits per heavy atom. The van der Waals surface area contributed by atoms with Gasteiger partial charge in [-0.1, -0.05) is 13.0 Å². The number of benzene rings is 1. The van der Waals surface area contributed by atoms with E-state index in [1.807, 2.05) is 32.0 Å². The lowest BCUT2D eigenvalue weighted by Gasteiger charge is -2.27. The third-order valence-corrected chi connectivity index (χ3v) is 2.63. The molecular weight excluding hydrogens is 204 g/mol. The molecule has 4 nitrogen and oxygen atoms in total. The smallest absolute Gasteiger partial charge is 0.247 e. The number of hydrogen-bond donors (Lipinski definition) is 2. The van der Waals surface area contributed by atoms with Crippen LogP contribution in [0.1, 0.15) is 20.3 Å². The van der Waals surface area contributed by atoms with Crippen LogP contribution in [0.25, 0.3) is 0 Å². The van der Waals surface area contributed by atoms with Crippen LogP contribution in [0.4, 0.5) is 11.4 Å². The van der Waals surface area contributed by atoms with Crippen LogP contribution < -0.4 is 15.4 Å². The second-order valence-electron chi connectivity index (χ2n) is 3.71. The quantitative estimate of drug-likeness (QED) is 0.821. The molecule has 16 heavy (non-hydrogen) atoms. The molecule has 2 N–H and O–H groups in total. The molecule has 1 unspecified atom stereocenters. The maximum Gasteiger partial charge on any atom is 0.247 e. The highest BCUT2D eigenvalue weighted by Crippen LogP contribution is 2.35. The number of nitrogens with one attached hydrogen (secondary N) is 2. The number of carbonyl (C=O) groups excluding carboxylic acids is 1. The number of amides is 1. The van der Waals surface area contributed by atoms with E-state index in [4.69, 9.17) is 4.74 Å². The van der Waals surface area contributed by atoms with Gasteiger partial charge in [-0.15, -0.1) is 0 Å². The molecule has 4 heteroatoms. The van der Waals surface area contributed by atoms with Crippen molar-refractivity contribution in [2.24, 2.45) is 0 Å². The van der Waals surface area contributed by atoms with Gasteiger partial charge in [-0.2, -0.15) is 0 Å². The van der Waals surface area contributed by atoms with E-state index in [-0.39, 0.29) is 11.9 Å². The Morgan fingerprint density at radius 3 is 2.88 bits per heavy atom. The average molecular weight is 220 g/mol. The Hall–Kier alpha value is -1.71. The van der Waals surface area contributed by atoms with Gasteiger partial charge in [0.2, 0.25) is 5.91 Å². The number of anilines is 2. The van der Waals surface area contributed by atoms with Gasteiger partial charge in [0, 0.05) is 0 Å². The van der Waals surface area contributed by atoms with E-state index in [1.165, 1.54) is 0 Å². The lowest BCUT2D eigenvalue weighted by molar-refractivity contribution is -0.117. The van der Waals surface area contributed by atoms with E-state index in [0.29, 0.717) is 6.61 Å². The highest BCUT2D eigenvalue weighted by molar-refractivity contribution is 6.04. The van der Waals surface area contributed by atoms with E-state index < -0.39 is 0 Å². The Labute approximate surface area is 95.0 Å². The van der Waals surface area contributed by atoms with Gasteiger partial charge >= 0.3 is 0 Å². The first-order chi connectivity index (χ1) is 7.76. The van der Waals surface area contributed by atoms with Crippen molar-refractivity contribution in [1.82, 2.24) is 0 Å². The average Bonchev–Trinajstić information content (AvgIpc) is 2.29. The number of rotatable bonds is 3. The Morgan fingerprint density at radius 2 is 2.19 bits per heavy atom. The van der Waals surface area contributed by atoms with Crippen LogP contribution in [0.5, 0.6) is 5.75 Å². The lowest BCUT2D eigenvalue weighted by Crippen LogP contribution is -2.38. The van der Waals surface area contributed by atoms with Gasteiger partial charge in [0.15, 0.2) is 0 Å². The predicted molar refractivity (Wildman–Crippen MR) is 63.9 cm³/mol. The van der Waals surface area contributed by atoms with Gasteiger partial charge in [0.05, 0.1) is 12.3 Å². The summed E-state index contributed by atoms with van der Waals surface area (Å²) in [5, 5.41) is 6.09. The van der Waals surface area contributed by atoms with Gasteiger partial charge in [-0.05, 0) is 25.5 Å². The molecule has 0 aromatic heterocycles. The fourth-order valence-corrected chi connectivity index (χ4v) is 1.81. The summed E-state index contributed by atoms with van der Waals surface area (Å²) in [7, 11) is 0. The minimum atomic E-state index is -0.149. The first-order valence-corrected chi connectivity index (χ1v) is 5.59. The molecular formula is C12H16N2O2. The molecule has 1 aromatic carbocycles. The number of para-hydroxylation sites is 1. The van der Waals surface area contributed by atoms with Gasteiger partial charge in [-0.3, -0.25) is 4.79 Å². The van der Waals surface area contributed by atoms with Crippen LogP contribution in [0.3, 0.4) is 0 Å². The van der Waals surface area contributed by atoms with E-state index in [9.17, 15) is 4.79 Å². The monoisotopic (exact) mass is 220 g/mol. The van der Waals surface area contributed by atoms with Crippen LogP contribution in [0.15, 0.2) is 18.2 Å². The van der Waals surface area contributed by atoms with Crippen molar-refractivity contribution in [3.8, 4) is 5.75 Å². The van der Waals surface area contributed by atoms with Crippen LogP contribution in [-0.4, -0.2) is 18.6 Å². The maximum absolute atomic E-state index is 11.7. The van der Waals surface area contributed by atoms with E-state index in [1.54, 1.807) is 0 Å². The summed E-state index contributed by atoms with van der Waals surface area (Å²) in [6.45, 7) is 4.49. The highest BCUT2D eigenvalue weighted by atomic mass is 16.5. The van der Waals surface area contributed by atoms with Gasteiger partial charge in [0.1, 0.15) is 17.5 Å². The minimum Gasteiger partial charge on any atom is -0.492 e. The number of hydrogen-bond acceptors (Lipinski definition) is 3. The second kappa shape index (κ2) is 4.43. The number of ether oxygens (including phenoxy) is 1. The fourth-order valence-electron chi connectivity index (χ4n) is 1.81. The third-order valence-electron chi connectivity index (χ3n) is 2.63. The number of fused-ring (bicyclic) bond motifs is 1. The van der Waals surface area contributed by atoms with Gasteiger partial charge < -0.3 is 15.4 Å². The molecule has 0 radical (unpaired) electrons. The molecule has 0 saturated heterocycles. The van der Waals surface area contributed by atoms with Crippen molar-refractivity contribution in [2.75, 3.05) is 17.2 Å². The summed E-state index contributed by atoms with van der Waals surface area (Å²) in [6.07, 6.45) is 0.768. The molecule has 0 fully saturated rings. The Balaban J connectivity index is 2.34. The van der Waals surface area contributed by atoms with Crippen molar-refractivity contribution in [3.63, 3.8) is 0 Å². The summed E-state index contributed by atoms with van der Waals surface area (Å²) in [4.78, 5) is 11.7. The van der Waals surface area contributed by atoms with E-state index in [2.05, 4.69) is 10.6 Å². The predicted octanol–water partition coefficient (Wildman–Crippen LogP) is 2.23. The zero-order valence-corrected chi connectivity index (χ0v) is 9.54. The molecule has 1 atom stereocenters. The van der Waals surface area contributed by atoms with Crippen LogP contribution >= 0.6 is 0 Å². The second-order valence-corrected chi connectivity index (χ2v) is 3.71. The van der Waals surface area contributed by atoms with Gasteiger partial charge in [0.25, 0.3) is 0 Å². The molecule has 0 aliphatic carbocycles. The first kappa shape index (κ1) is 10.8. The van der Waals surface area contributed by atoms with Gasteiger partial charge in [-0.25, -0.2) is 0 Å². The molecule has 0 spiro atoms. The number of carbonyl (C=O) groups is 1. The molecule has 1 amide bonds. The maximum atomic E-state index is 11.7. The molecule has 2 rings (SSSR count). The highest BCUT2D eigenvalue weighted by Gasteiger charge is 2.25. The van der Waals surface area contributed by atoms with Crippen LogP contribution in [0, 0.1) is 0 Å². The standard InChI is InChI=1S/C12H16N2O2/c1-3-8-12(15)14-11-9(13-8)6-5-7-10(11)16-4-2/h5-8,13H,3-4H2,1-2H3,(H,14,15). The molecule has 0 bridgehead atoms. The Kier molecular flexibility index (Phi) is 2.99. The van der Waals surface area contributed by atoms with E-state index >= 15 is 0 Å². The minimum absolute atomic E-state index is 0.00199. The molecule has 1 heterocycles. The first-order valence-electron chi connectivity index (χ1n) is 5.59. The van der Waals surface area contributed by atoms with Crippen LogP contribution in [-0.2, 0) is 4.79 Å². The van der Waals surface area contributed by atoms with Crippen molar-refractivity contribution < 1.29 is 9.53 Å². The zero-order chi connectivity index (χ0) is 11.5. The molecule has 1 aliphatic heterocycles. The van der Waals surface area contributed by atoms with Crippen LogP contribution in [0.2, 0.25) is 0 Å². The fraction of sp³-hybridized carbons (Fsp3) is 0.417. The Bertz CT molecular complexity index is 404. The molecule has 0 saturated carbocycles. The summed E-state index contributed by atoms with van der Waals surface area (Å²) >= 11 is 0. The summed E-state index contributed by atoms with van der Waals surface area (Å²) in [5.74, 6) is 0.720. The van der Waals surface area contributed by atoms with Crippen molar-refractivity contribution in [2.45, 2.75) is 26.3 Å². The van der Waals surface area contributed by atoms with Crippen molar-refractivity contribution >= 4 is 17.3 Å². The van der Waals surface area contributed by atoms with E-state index in [0.717, 1.165) is 23.5 Å². The summed E-state index contributed by atoms with van der Waals surface area (Å²) in [5.41, 5.74) is 1.68. The largest absolute Gasteiger partial charge is 0.492 e. The normalized spacial score (nSPS) is 18.4. The third kappa shape index (κ3) is 1.83. The van der Waals surface area contributed by atoms with Crippen molar-refractivity contribution in [1.29, 1.82) is 0 Å². The molecule has 1 aliphatic rings. The lowest BCUT2D eigenvalue weighted by atomic mass is 10.1. The molecule has 86 valence electrons. The topological polar surface area (TPSA) is 50.4 Å². The molecule has 1 aromatic rings.